The van der Waals surface area contributed by atoms with Crippen molar-refractivity contribution in [2.24, 2.45) is 58.2 Å². The fourth-order valence-corrected chi connectivity index (χ4v) is 11.5. The van der Waals surface area contributed by atoms with Crippen molar-refractivity contribution in [3.05, 3.63) is 65.7 Å². The Balaban J connectivity index is 1.11. The first kappa shape index (κ1) is 31.2. The van der Waals surface area contributed by atoms with Gasteiger partial charge in [0.15, 0.2) is 0 Å². The summed E-state index contributed by atoms with van der Waals surface area (Å²) in [6.07, 6.45) is 15.8. The molecular weight excluding hydrogens is 524 g/mol. The van der Waals surface area contributed by atoms with Crippen LogP contribution in [-0.2, 0) is 13.0 Å². The third kappa shape index (κ3) is 6.21. The molecule has 0 amide bonds. The van der Waals surface area contributed by atoms with Gasteiger partial charge in [0.05, 0.1) is 6.10 Å². The normalized spacial score (nSPS) is 37.8. The van der Waals surface area contributed by atoms with Crippen molar-refractivity contribution in [3.63, 3.8) is 0 Å². The molecule has 0 spiro atoms. The van der Waals surface area contributed by atoms with E-state index in [1.807, 2.05) is 6.07 Å². The summed E-state index contributed by atoms with van der Waals surface area (Å²) in [6.45, 7) is 13.3. The van der Waals surface area contributed by atoms with E-state index in [-0.39, 0.29) is 6.10 Å². The van der Waals surface area contributed by atoms with Crippen LogP contribution in [0.1, 0.15) is 116 Å². The molecule has 0 radical (unpaired) electrons. The standard InChI is InChI=1S/C41H60O2/c1-28(2)10-9-11-29(3)35-20-21-36-33-18-19-37-34(39(42)23-25-41(37,5)38(33)22-24-40(35,36)4)26-30-14-16-32(17-15-30)43-27-31-12-7-6-8-13-31/h6-8,12-17,28-29,33-39,42H,9-11,18-27H2,1-5H3/t29-,33+,34?,35-,36+,37?,38+,39?,40-,41+/m1/s1. The van der Waals surface area contributed by atoms with Crippen LogP contribution in [0.5, 0.6) is 5.75 Å². The quantitative estimate of drug-likeness (QED) is 0.301. The Morgan fingerprint density at radius 2 is 1.44 bits per heavy atom. The SMILES string of the molecule is CC(C)CCC[C@@H](C)[C@H]1CC[C@H]2[C@@H]3CCC4C(Cc5ccc(OCc6ccccc6)cc5)C(O)CC[C@]4(C)[C@H]3CC[C@]12C. The number of ether oxygens (including phenoxy) is 1. The van der Waals surface area contributed by atoms with Crippen molar-refractivity contribution >= 4 is 0 Å². The number of hydrogen-bond donors (Lipinski definition) is 1. The number of hydrogen-bond acceptors (Lipinski definition) is 2. The van der Waals surface area contributed by atoms with Crippen molar-refractivity contribution < 1.29 is 9.84 Å². The van der Waals surface area contributed by atoms with Crippen LogP contribution in [0.15, 0.2) is 54.6 Å². The van der Waals surface area contributed by atoms with E-state index < -0.39 is 0 Å². The molecule has 6 rings (SSSR count). The van der Waals surface area contributed by atoms with Crippen LogP contribution in [-0.4, -0.2) is 11.2 Å². The molecule has 3 unspecified atom stereocenters. The van der Waals surface area contributed by atoms with E-state index in [1.54, 1.807) is 0 Å². The van der Waals surface area contributed by atoms with Crippen molar-refractivity contribution in [2.75, 3.05) is 0 Å². The zero-order valence-electron chi connectivity index (χ0n) is 27.9. The third-order valence-electron chi connectivity index (χ3n) is 13.8. The van der Waals surface area contributed by atoms with E-state index in [0.29, 0.717) is 29.3 Å². The second kappa shape index (κ2) is 12.9. The minimum Gasteiger partial charge on any atom is -0.489 e. The summed E-state index contributed by atoms with van der Waals surface area (Å²) in [6, 6.07) is 19.1. The smallest absolute Gasteiger partial charge is 0.119 e. The minimum atomic E-state index is -0.167. The van der Waals surface area contributed by atoms with Crippen LogP contribution in [0.3, 0.4) is 0 Å². The highest BCUT2D eigenvalue weighted by Gasteiger charge is 2.61. The van der Waals surface area contributed by atoms with Crippen molar-refractivity contribution in [1.82, 2.24) is 0 Å². The second-order valence-corrected chi connectivity index (χ2v) is 16.5. The first-order valence-corrected chi connectivity index (χ1v) is 18.1. The van der Waals surface area contributed by atoms with Crippen LogP contribution in [0, 0.1) is 58.2 Å². The average Bonchev–Trinajstić information content (AvgIpc) is 3.36. The van der Waals surface area contributed by atoms with Gasteiger partial charge in [-0.25, -0.2) is 0 Å². The highest BCUT2D eigenvalue weighted by Crippen LogP contribution is 2.69. The predicted octanol–water partition coefficient (Wildman–Crippen LogP) is 10.5. The Labute approximate surface area is 263 Å². The molecule has 0 saturated heterocycles. The van der Waals surface area contributed by atoms with Gasteiger partial charge in [-0.05, 0) is 139 Å². The van der Waals surface area contributed by atoms with Crippen molar-refractivity contribution in [1.29, 1.82) is 0 Å². The Morgan fingerprint density at radius 1 is 0.744 bits per heavy atom. The van der Waals surface area contributed by atoms with E-state index in [0.717, 1.165) is 54.1 Å². The van der Waals surface area contributed by atoms with Crippen LogP contribution >= 0.6 is 0 Å². The molecule has 2 nitrogen and oxygen atoms in total. The van der Waals surface area contributed by atoms with Crippen LogP contribution in [0.4, 0.5) is 0 Å². The number of rotatable bonds is 10. The summed E-state index contributed by atoms with van der Waals surface area (Å²) < 4.78 is 6.06. The monoisotopic (exact) mass is 584 g/mol. The molecule has 0 aromatic heterocycles. The molecule has 10 atom stereocenters. The predicted molar refractivity (Wildman–Crippen MR) is 179 cm³/mol. The summed E-state index contributed by atoms with van der Waals surface area (Å²) in [4.78, 5) is 0. The second-order valence-electron chi connectivity index (χ2n) is 16.5. The Hall–Kier alpha value is -1.80. The van der Waals surface area contributed by atoms with Gasteiger partial charge >= 0.3 is 0 Å². The van der Waals surface area contributed by atoms with Gasteiger partial charge in [-0.15, -0.1) is 0 Å². The molecule has 0 heterocycles. The van der Waals surface area contributed by atoms with Gasteiger partial charge in [-0.2, -0.15) is 0 Å². The van der Waals surface area contributed by atoms with Crippen LogP contribution in [0.25, 0.3) is 0 Å². The zero-order valence-corrected chi connectivity index (χ0v) is 27.9. The van der Waals surface area contributed by atoms with E-state index in [4.69, 9.17) is 4.74 Å². The van der Waals surface area contributed by atoms with E-state index in [2.05, 4.69) is 83.1 Å². The molecule has 4 fully saturated rings. The molecule has 4 saturated carbocycles. The number of benzene rings is 2. The molecule has 0 bridgehead atoms. The highest BCUT2D eigenvalue weighted by molar-refractivity contribution is 5.28. The molecule has 2 aromatic carbocycles. The molecule has 2 heteroatoms. The fraction of sp³-hybridized carbons (Fsp3) is 0.707. The van der Waals surface area contributed by atoms with Crippen LogP contribution in [0.2, 0.25) is 0 Å². The van der Waals surface area contributed by atoms with Gasteiger partial charge < -0.3 is 9.84 Å². The first-order valence-electron chi connectivity index (χ1n) is 18.1. The lowest BCUT2D eigenvalue weighted by molar-refractivity contribution is -0.152. The lowest BCUT2D eigenvalue weighted by Crippen LogP contribution is -2.57. The summed E-state index contributed by atoms with van der Waals surface area (Å²) in [5.74, 6) is 7.27. The molecule has 0 aliphatic heterocycles. The molecule has 236 valence electrons. The van der Waals surface area contributed by atoms with Gasteiger partial charge in [0.2, 0.25) is 0 Å². The molecule has 43 heavy (non-hydrogen) atoms. The number of aliphatic hydroxyl groups is 1. The van der Waals surface area contributed by atoms with E-state index in [1.165, 1.54) is 75.3 Å². The number of fused-ring (bicyclic) bond motifs is 5. The molecule has 2 aromatic rings. The Kier molecular flexibility index (Phi) is 9.36. The van der Waals surface area contributed by atoms with Crippen LogP contribution < -0.4 is 4.74 Å². The maximum absolute atomic E-state index is 11.4. The maximum Gasteiger partial charge on any atom is 0.119 e. The largest absolute Gasteiger partial charge is 0.489 e. The van der Waals surface area contributed by atoms with Crippen molar-refractivity contribution in [3.8, 4) is 5.75 Å². The molecule has 4 aliphatic rings. The molecule has 1 N–H and O–H groups in total. The number of aliphatic hydroxyl groups excluding tert-OH is 1. The lowest BCUT2D eigenvalue weighted by atomic mass is 9.42. The van der Waals surface area contributed by atoms with E-state index >= 15 is 0 Å². The maximum atomic E-state index is 11.4. The van der Waals surface area contributed by atoms with Gasteiger partial charge in [0, 0.05) is 0 Å². The van der Waals surface area contributed by atoms with Gasteiger partial charge in [-0.1, -0.05) is 96.3 Å². The van der Waals surface area contributed by atoms with Gasteiger partial charge in [-0.3, -0.25) is 0 Å². The van der Waals surface area contributed by atoms with Gasteiger partial charge in [0.25, 0.3) is 0 Å². The topological polar surface area (TPSA) is 29.5 Å². The molecular formula is C41H60O2. The first-order chi connectivity index (χ1) is 20.7. The third-order valence-corrected chi connectivity index (χ3v) is 13.8. The average molecular weight is 585 g/mol. The Bertz CT molecular complexity index is 1170. The highest BCUT2D eigenvalue weighted by atomic mass is 16.5. The fourth-order valence-electron chi connectivity index (χ4n) is 11.5. The summed E-state index contributed by atoms with van der Waals surface area (Å²) in [5.41, 5.74) is 3.48. The van der Waals surface area contributed by atoms with E-state index in [9.17, 15) is 5.11 Å². The summed E-state index contributed by atoms with van der Waals surface area (Å²) >= 11 is 0. The van der Waals surface area contributed by atoms with Gasteiger partial charge in [0.1, 0.15) is 12.4 Å². The minimum absolute atomic E-state index is 0.167. The zero-order chi connectivity index (χ0) is 30.2. The summed E-state index contributed by atoms with van der Waals surface area (Å²) in [5, 5.41) is 11.4. The lowest BCUT2D eigenvalue weighted by Gasteiger charge is -2.63. The summed E-state index contributed by atoms with van der Waals surface area (Å²) in [7, 11) is 0. The Morgan fingerprint density at radius 3 is 2.19 bits per heavy atom. The molecule has 4 aliphatic carbocycles. The van der Waals surface area contributed by atoms with Crippen molar-refractivity contribution in [2.45, 2.75) is 124 Å².